The quantitative estimate of drug-likeness (QED) is 0.767. The molecule has 0 saturated carbocycles. The Morgan fingerprint density at radius 3 is 2.72 bits per heavy atom. The second kappa shape index (κ2) is 6.72. The van der Waals surface area contributed by atoms with Gasteiger partial charge in [0.15, 0.2) is 5.76 Å². The van der Waals surface area contributed by atoms with Crippen molar-refractivity contribution < 1.29 is 13.9 Å². The number of aryl methyl sites for hydroxylation is 3. The standard InChI is InChI=1S/C19H23N3O3/c1-11-7-6-8-15-12(2)18(25-17(11)15)19(23)20-16-13(3)21-22(14(16)4)9-10-24-5/h6-8H,9-10H2,1-5H3,(H,20,23). The van der Waals surface area contributed by atoms with Gasteiger partial charge in [0.1, 0.15) is 5.58 Å². The molecule has 2 heterocycles. The van der Waals surface area contributed by atoms with E-state index in [-0.39, 0.29) is 5.91 Å². The first-order chi connectivity index (χ1) is 11.9. The molecule has 0 spiro atoms. The molecule has 1 amide bonds. The Morgan fingerprint density at radius 1 is 1.28 bits per heavy atom. The van der Waals surface area contributed by atoms with E-state index in [1.165, 1.54) is 0 Å². The molecule has 3 rings (SSSR count). The van der Waals surface area contributed by atoms with E-state index in [1.54, 1.807) is 7.11 Å². The van der Waals surface area contributed by atoms with Crippen molar-refractivity contribution in [2.45, 2.75) is 34.2 Å². The summed E-state index contributed by atoms with van der Waals surface area (Å²) in [7, 11) is 1.65. The van der Waals surface area contributed by atoms with E-state index >= 15 is 0 Å². The summed E-state index contributed by atoms with van der Waals surface area (Å²) < 4.78 is 12.8. The second-order valence-corrected chi connectivity index (χ2v) is 6.22. The Bertz CT molecular complexity index is 937. The highest BCUT2D eigenvalue weighted by Gasteiger charge is 2.21. The number of nitrogens with zero attached hydrogens (tertiary/aromatic N) is 2. The predicted molar refractivity (Wildman–Crippen MR) is 97.2 cm³/mol. The van der Waals surface area contributed by atoms with Gasteiger partial charge in [0, 0.05) is 18.1 Å². The van der Waals surface area contributed by atoms with Gasteiger partial charge in [-0.1, -0.05) is 18.2 Å². The minimum Gasteiger partial charge on any atom is -0.450 e. The third-order valence-corrected chi connectivity index (χ3v) is 4.49. The summed E-state index contributed by atoms with van der Waals surface area (Å²) in [5.74, 6) is 0.0818. The summed E-state index contributed by atoms with van der Waals surface area (Å²) in [5.41, 5.74) is 5.00. The number of para-hydroxylation sites is 1. The van der Waals surface area contributed by atoms with Gasteiger partial charge in [0.2, 0.25) is 0 Å². The molecule has 0 aliphatic rings. The van der Waals surface area contributed by atoms with Crippen molar-refractivity contribution >= 4 is 22.6 Å². The molecule has 132 valence electrons. The van der Waals surface area contributed by atoms with E-state index in [4.69, 9.17) is 9.15 Å². The molecule has 0 aliphatic heterocycles. The maximum Gasteiger partial charge on any atom is 0.291 e. The number of furan rings is 1. The first-order valence-corrected chi connectivity index (χ1v) is 8.27. The molecule has 0 aliphatic carbocycles. The zero-order chi connectivity index (χ0) is 18.1. The van der Waals surface area contributed by atoms with E-state index in [0.717, 1.165) is 39.2 Å². The van der Waals surface area contributed by atoms with Gasteiger partial charge in [-0.2, -0.15) is 5.10 Å². The Kier molecular flexibility index (Phi) is 4.63. The van der Waals surface area contributed by atoms with Crippen LogP contribution in [0.4, 0.5) is 5.69 Å². The molecule has 0 radical (unpaired) electrons. The predicted octanol–water partition coefficient (Wildman–Crippen LogP) is 3.76. The molecule has 0 atom stereocenters. The van der Waals surface area contributed by atoms with Gasteiger partial charge in [-0.15, -0.1) is 0 Å². The normalized spacial score (nSPS) is 11.2. The van der Waals surface area contributed by atoms with Crippen molar-refractivity contribution in [1.82, 2.24) is 9.78 Å². The highest BCUT2D eigenvalue weighted by molar-refractivity contribution is 6.07. The first kappa shape index (κ1) is 17.2. The molecular formula is C19H23N3O3. The maximum absolute atomic E-state index is 12.8. The summed E-state index contributed by atoms with van der Waals surface area (Å²) >= 11 is 0. The van der Waals surface area contributed by atoms with Crippen LogP contribution in [0.15, 0.2) is 22.6 Å². The lowest BCUT2D eigenvalue weighted by molar-refractivity contribution is 0.0997. The molecule has 6 heteroatoms. The molecule has 0 fully saturated rings. The van der Waals surface area contributed by atoms with Crippen LogP contribution < -0.4 is 5.32 Å². The fraction of sp³-hybridized carbons (Fsp3) is 0.368. The molecule has 25 heavy (non-hydrogen) atoms. The number of carbonyl (C=O) groups excluding carboxylic acids is 1. The molecule has 0 bridgehead atoms. The zero-order valence-electron chi connectivity index (χ0n) is 15.3. The number of nitrogens with one attached hydrogen (secondary N) is 1. The number of benzene rings is 1. The number of hydrogen-bond acceptors (Lipinski definition) is 4. The zero-order valence-corrected chi connectivity index (χ0v) is 15.3. The van der Waals surface area contributed by atoms with Crippen LogP contribution in [-0.4, -0.2) is 29.4 Å². The van der Waals surface area contributed by atoms with Crippen LogP contribution in [0.5, 0.6) is 0 Å². The van der Waals surface area contributed by atoms with Crippen molar-refractivity contribution in [3.63, 3.8) is 0 Å². The van der Waals surface area contributed by atoms with Gasteiger partial charge in [-0.05, 0) is 33.3 Å². The lowest BCUT2D eigenvalue weighted by Gasteiger charge is -2.06. The molecule has 2 aromatic heterocycles. The van der Waals surface area contributed by atoms with Gasteiger partial charge in [0.25, 0.3) is 5.91 Å². The average Bonchev–Trinajstić information content (AvgIpc) is 3.06. The van der Waals surface area contributed by atoms with Crippen molar-refractivity contribution in [3.05, 3.63) is 46.5 Å². The lowest BCUT2D eigenvalue weighted by atomic mass is 10.1. The third-order valence-electron chi connectivity index (χ3n) is 4.49. The number of hydrogen-bond donors (Lipinski definition) is 1. The van der Waals surface area contributed by atoms with Crippen LogP contribution in [0, 0.1) is 27.7 Å². The minimum atomic E-state index is -0.259. The van der Waals surface area contributed by atoms with Crippen LogP contribution in [-0.2, 0) is 11.3 Å². The SMILES string of the molecule is COCCn1nc(C)c(NC(=O)c2oc3c(C)cccc3c2C)c1C. The van der Waals surface area contributed by atoms with Crippen LogP contribution in [0.3, 0.4) is 0 Å². The van der Waals surface area contributed by atoms with Gasteiger partial charge < -0.3 is 14.5 Å². The Morgan fingerprint density at radius 2 is 2.04 bits per heavy atom. The highest BCUT2D eigenvalue weighted by atomic mass is 16.5. The minimum absolute atomic E-state index is 0.259. The summed E-state index contributed by atoms with van der Waals surface area (Å²) in [6.45, 7) is 8.89. The first-order valence-electron chi connectivity index (χ1n) is 8.27. The number of methoxy groups -OCH3 is 1. The van der Waals surface area contributed by atoms with E-state index in [2.05, 4.69) is 10.4 Å². The topological polar surface area (TPSA) is 69.3 Å². The van der Waals surface area contributed by atoms with Crippen LogP contribution in [0.25, 0.3) is 11.0 Å². The van der Waals surface area contributed by atoms with E-state index in [1.807, 2.05) is 50.6 Å². The summed E-state index contributed by atoms with van der Waals surface area (Å²) in [6.07, 6.45) is 0. The molecular weight excluding hydrogens is 318 g/mol. The van der Waals surface area contributed by atoms with Gasteiger partial charge in [0.05, 0.1) is 30.2 Å². The number of fused-ring (bicyclic) bond motifs is 1. The molecule has 6 nitrogen and oxygen atoms in total. The highest BCUT2D eigenvalue weighted by Crippen LogP contribution is 2.29. The number of carbonyl (C=O) groups is 1. The fourth-order valence-corrected chi connectivity index (χ4v) is 3.04. The van der Waals surface area contributed by atoms with Crippen molar-refractivity contribution in [2.24, 2.45) is 0 Å². The van der Waals surface area contributed by atoms with Crippen LogP contribution in [0.1, 0.15) is 33.1 Å². The lowest BCUT2D eigenvalue weighted by Crippen LogP contribution is -2.14. The number of aromatic nitrogens is 2. The molecule has 3 aromatic rings. The number of anilines is 1. The van der Waals surface area contributed by atoms with Crippen LogP contribution in [0.2, 0.25) is 0 Å². The molecule has 1 N–H and O–H groups in total. The summed E-state index contributed by atoms with van der Waals surface area (Å²) in [5, 5.41) is 8.39. The average molecular weight is 341 g/mol. The third kappa shape index (κ3) is 3.05. The molecule has 1 aromatic carbocycles. The molecule has 0 saturated heterocycles. The number of amides is 1. The van der Waals surface area contributed by atoms with Crippen molar-refractivity contribution in [1.29, 1.82) is 0 Å². The fourth-order valence-electron chi connectivity index (χ4n) is 3.04. The van der Waals surface area contributed by atoms with E-state index in [9.17, 15) is 4.79 Å². The monoisotopic (exact) mass is 341 g/mol. The van der Waals surface area contributed by atoms with Gasteiger partial charge >= 0.3 is 0 Å². The van der Waals surface area contributed by atoms with Crippen molar-refractivity contribution in [2.75, 3.05) is 19.0 Å². The Balaban J connectivity index is 1.92. The Hall–Kier alpha value is -2.60. The number of ether oxygens (including phenoxy) is 1. The maximum atomic E-state index is 12.8. The van der Waals surface area contributed by atoms with Crippen molar-refractivity contribution in [3.8, 4) is 0 Å². The summed E-state index contributed by atoms with van der Waals surface area (Å²) in [4.78, 5) is 12.8. The van der Waals surface area contributed by atoms with Gasteiger partial charge in [-0.25, -0.2) is 0 Å². The van der Waals surface area contributed by atoms with E-state index in [0.29, 0.717) is 18.9 Å². The second-order valence-electron chi connectivity index (χ2n) is 6.22. The smallest absolute Gasteiger partial charge is 0.291 e. The number of rotatable bonds is 5. The van der Waals surface area contributed by atoms with Gasteiger partial charge in [-0.3, -0.25) is 9.48 Å². The molecule has 0 unspecified atom stereocenters. The largest absolute Gasteiger partial charge is 0.450 e. The summed E-state index contributed by atoms with van der Waals surface area (Å²) in [6, 6.07) is 5.91. The Labute approximate surface area is 146 Å². The van der Waals surface area contributed by atoms with E-state index < -0.39 is 0 Å². The van der Waals surface area contributed by atoms with Crippen LogP contribution >= 0.6 is 0 Å².